The molecular weight excluding hydrogens is 240 g/mol. The number of nitrogens with two attached hydrogens (primary N) is 1. The Hall–Kier alpha value is -0.870. The van der Waals surface area contributed by atoms with Gasteiger partial charge in [0.15, 0.2) is 0 Å². The predicted octanol–water partition coefficient (Wildman–Crippen LogP) is 2.13. The molecule has 0 bridgehead atoms. The van der Waals surface area contributed by atoms with E-state index in [1.54, 1.807) is 0 Å². The maximum absolute atomic E-state index is 11.3. The second-order valence-electron chi connectivity index (χ2n) is 5.31. The molecule has 19 heavy (non-hydrogen) atoms. The van der Waals surface area contributed by atoms with E-state index in [9.17, 15) is 4.79 Å². The van der Waals surface area contributed by atoms with Gasteiger partial charge >= 0.3 is 0 Å². The fourth-order valence-electron chi connectivity index (χ4n) is 2.59. The third-order valence-electron chi connectivity index (χ3n) is 3.80. The van der Waals surface area contributed by atoms with Crippen molar-refractivity contribution in [2.45, 2.75) is 77.7 Å². The van der Waals surface area contributed by atoms with Gasteiger partial charge in [0.05, 0.1) is 18.2 Å². The molecule has 0 aromatic rings. The first-order valence-electron chi connectivity index (χ1n) is 7.39. The van der Waals surface area contributed by atoms with Crippen molar-refractivity contribution in [2.75, 3.05) is 0 Å². The number of hydrogen-bond acceptors (Lipinski definition) is 3. The molecule has 3 N–H and O–H groups in total. The molecule has 0 aromatic heterocycles. The molecular formula is C15H28N2O2. The number of rotatable bonds is 6. The summed E-state index contributed by atoms with van der Waals surface area (Å²) in [6, 6.07) is -0.184. The fourth-order valence-corrected chi connectivity index (χ4v) is 2.59. The highest BCUT2D eigenvalue weighted by Crippen LogP contribution is 2.24. The highest BCUT2D eigenvalue weighted by molar-refractivity contribution is 5.73. The van der Waals surface area contributed by atoms with Crippen molar-refractivity contribution in [2.24, 2.45) is 5.73 Å². The summed E-state index contributed by atoms with van der Waals surface area (Å²) in [5.41, 5.74) is 7.53. The number of carbonyl (C=O) groups is 1. The van der Waals surface area contributed by atoms with Crippen molar-refractivity contribution in [1.82, 2.24) is 5.32 Å². The van der Waals surface area contributed by atoms with Crippen molar-refractivity contribution in [3.8, 4) is 0 Å². The monoisotopic (exact) mass is 268 g/mol. The Bertz CT molecular complexity index is 324. The first kappa shape index (κ1) is 16.2. The summed E-state index contributed by atoms with van der Waals surface area (Å²) < 4.78 is 6.13. The number of hydrogen-bond donors (Lipinski definition) is 2. The van der Waals surface area contributed by atoms with E-state index in [2.05, 4.69) is 32.2 Å². The summed E-state index contributed by atoms with van der Waals surface area (Å²) in [7, 11) is 0. The zero-order valence-corrected chi connectivity index (χ0v) is 12.6. The number of ether oxygens (including phenoxy) is 1. The van der Waals surface area contributed by atoms with Crippen LogP contribution in [0.2, 0.25) is 0 Å². The van der Waals surface area contributed by atoms with Gasteiger partial charge in [-0.1, -0.05) is 32.4 Å². The van der Waals surface area contributed by atoms with Gasteiger partial charge in [0.2, 0.25) is 5.91 Å². The topological polar surface area (TPSA) is 64.3 Å². The van der Waals surface area contributed by atoms with Crippen molar-refractivity contribution in [3.63, 3.8) is 0 Å². The molecule has 1 amide bonds. The molecule has 0 aromatic carbocycles. The summed E-state index contributed by atoms with van der Waals surface area (Å²) in [4.78, 5) is 11.3. The summed E-state index contributed by atoms with van der Waals surface area (Å²) in [5.74, 6) is -0.0491. The molecule has 0 unspecified atom stereocenters. The smallest absolute Gasteiger partial charge is 0.217 e. The van der Waals surface area contributed by atoms with Crippen LogP contribution in [-0.2, 0) is 9.53 Å². The maximum Gasteiger partial charge on any atom is 0.217 e. The minimum absolute atomic E-state index is 0.0491. The Morgan fingerprint density at radius 1 is 1.47 bits per heavy atom. The second kappa shape index (κ2) is 7.65. The number of amides is 1. The first-order chi connectivity index (χ1) is 9.01. The molecule has 0 fully saturated rings. The molecule has 0 saturated heterocycles. The van der Waals surface area contributed by atoms with Crippen molar-refractivity contribution < 1.29 is 9.53 Å². The molecule has 0 heterocycles. The van der Waals surface area contributed by atoms with Crippen LogP contribution in [0.3, 0.4) is 0 Å². The second-order valence-corrected chi connectivity index (χ2v) is 5.31. The predicted molar refractivity (Wildman–Crippen MR) is 77.8 cm³/mol. The number of nitrogens with one attached hydrogen (secondary N) is 1. The Morgan fingerprint density at radius 3 is 2.58 bits per heavy atom. The van der Waals surface area contributed by atoms with Crippen LogP contribution >= 0.6 is 0 Å². The molecule has 110 valence electrons. The fraction of sp³-hybridized carbons (Fsp3) is 0.800. The summed E-state index contributed by atoms with van der Waals surface area (Å²) in [5, 5.41) is 2.95. The molecule has 4 heteroatoms. The van der Waals surface area contributed by atoms with Crippen molar-refractivity contribution >= 4 is 5.91 Å². The van der Waals surface area contributed by atoms with Gasteiger partial charge in [-0.2, -0.15) is 0 Å². The average molecular weight is 268 g/mol. The van der Waals surface area contributed by atoms with Gasteiger partial charge < -0.3 is 15.8 Å². The minimum atomic E-state index is -0.117. The zero-order valence-electron chi connectivity index (χ0n) is 12.6. The van der Waals surface area contributed by atoms with Crippen LogP contribution in [0.5, 0.6) is 0 Å². The zero-order chi connectivity index (χ0) is 14.4. The van der Waals surface area contributed by atoms with Crippen LogP contribution in [0, 0.1) is 0 Å². The molecule has 1 aliphatic carbocycles. The third kappa shape index (κ3) is 4.62. The van der Waals surface area contributed by atoms with E-state index in [0.29, 0.717) is 0 Å². The Kier molecular flexibility index (Phi) is 6.52. The van der Waals surface area contributed by atoms with Crippen LogP contribution in [-0.4, -0.2) is 30.2 Å². The van der Waals surface area contributed by atoms with Gasteiger partial charge in [-0.05, 0) is 25.7 Å². The quantitative estimate of drug-likeness (QED) is 0.725. The van der Waals surface area contributed by atoms with E-state index < -0.39 is 0 Å². The molecule has 3 atom stereocenters. The van der Waals surface area contributed by atoms with Gasteiger partial charge in [0.1, 0.15) is 0 Å². The third-order valence-corrected chi connectivity index (χ3v) is 3.80. The van der Waals surface area contributed by atoms with Crippen LogP contribution in [0.4, 0.5) is 0 Å². The maximum atomic E-state index is 11.3. The van der Waals surface area contributed by atoms with E-state index in [4.69, 9.17) is 10.5 Å². The van der Waals surface area contributed by atoms with Crippen molar-refractivity contribution in [1.29, 1.82) is 0 Å². The average Bonchev–Trinajstić information content (AvgIpc) is 2.38. The molecule has 0 aliphatic heterocycles. The van der Waals surface area contributed by atoms with Gasteiger partial charge in [-0.15, -0.1) is 0 Å². The minimum Gasteiger partial charge on any atom is -0.369 e. The van der Waals surface area contributed by atoms with Crippen LogP contribution < -0.4 is 11.1 Å². The van der Waals surface area contributed by atoms with E-state index in [0.717, 1.165) is 25.7 Å². The highest BCUT2D eigenvalue weighted by Gasteiger charge is 2.33. The lowest BCUT2D eigenvalue weighted by molar-refractivity contribution is -0.121. The molecule has 0 saturated carbocycles. The largest absolute Gasteiger partial charge is 0.369 e. The van der Waals surface area contributed by atoms with Crippen molar-refractivity contribution in [3.05, 3.63) is 11.6 Å². The Labute approximate surface area is 116 Å². The highest BCUT2D eigenvalue weighted by atomic mass is 16.5. The SMILES string of the molecule is CCC1=C[C@@H](OC(CC)CC)[C@H](NC(C)=O)[C@@H](N)C1. The standard InChI is InChI=1S/C15H28N2O2/c1-5-11-8-13(16)15(17-10(4)18)14(9-11)19-12(6-2)7-3/h9,12-15H,5-8,16H2,1-4H3,(H,17,18)/t13-,14+,15+/m0/s1. The first-order valence-corrected chi connectivity index (χ1v) is 7.39. The molecule has 0 spiro atoms. The lowest BCUT2D eigenvalue weighted by atomic mass is 9.87. The van der Waals surface area contributed by atoms with E-state index in [1.165, 1.54) is 12.5 Å². The van der Waals surface area contributed by atoms with Gasteiger partial charge in [-0.25, -0.2) is 0 Å². The summed E-state index contributed by atoms with van der Waals surface area (Å²) in [6.07, 6.45) is 6.05. The van der Waals surface area contributed by atoms with E-state index in [-0.39, 0.29) is 30.2 Å². The summed E-state index contributed by atoms with van der Waals surface area (Å²) in [6.45, 7) is 7.90. The lowest BCUT2D eigenvalue weighted by Crippen LogP contribution is -2.56. The molecule has 1 aliphatic rings. The van der Waals surface area contributed by atoms with Gasteiger partial charge in [0, 0.05) is 13.0 Å². The van der Waals surface area contributed by atoms with E-state index in [1.807, 2.05) is 0 Å². The molecule has 0 radical (unpaired) electrons. The van der Waals surface area contributed by atoms with Gasteiger partial charge in [0.25, 0.3) is 0 Å². The normalized spacial score (nSPS) is 27.3. The van der Waals surface area contributed by atoms with Crippen LogP contribution in [0.15, 0.2) is 11.6 Å². The summed E-state index contributed by atoms with van der Waals surface area (Å²) >= 11 is 0. The van der Waals surface area contributed by atoms with E-state index >= 15 is 0 Å². The molecule has 4 nitrogen and oxygen atoms in total. The lowest BCUT2D eigenvalue weighted by Gasteiger charge is -2.37. The van der Waals surface area contributed by atoms with Crippen LogP contribution in [0.25, 0.3) is 0 Å². The number of carbonyl (C=O) groups excluding carboxylic acids is 1. The Balaban J connectivity index is 2.85. The van der Waals surface area contributed by atoms with Crippen LogP contribution in [0.1, 0.15) is 53.4 Å². The Morgan fingerprint density at radius 2 is 2.11 bits per heavy atom. The molecule has 1 rings (SSSR count). The van der Waals surface area contributed by atoms with Gasteiger partial charge in [-0.3, -0.25) is 4.79 Å².